The van der Waals surface area contributed by atoms with Gasteiger partial charge in [0.2, 0.25) is 5.91 Å². The van der Waals surface area contributed by atoms with Crippen LogP contribution in [0.2, 0.25) is 0 Å². The number of carbonyl (C=O) groups is 1. The van der Waals surface area contributed by atoms with Crippen LogP contribution in [-0.2, 0) is 4.79 Å². The van der Waals surface area contributed by atoms with Crippen LogP contribution in [0.25, 0.3) is 0 Å². The third-order valence-corrected chi connectivity index (χ3v) is 4.11. The van der Waals surface area contributed by atoms with E-state index in [9.17, 15) is 9.90 Å². The summed E-state index contributed by atoms with van der Waals surface area (Å²) in [6, 6.07) is 0.0540. The molecule has 0 radical (unpaired) electrons. The summed E-state index contributed by atoms with van der Waals surface area (Å²) in [4.78, 5) is 14.4. The fraction of sp³-hybridized carbons (Fsp3) is 0.917. The van der Waals surface area contributed by atoms with E-state index in [4.69, 9.17) is 0 Å². The largest absolute Gasteiger partial charge is 0.394 e. The summed E-state index contributed by atoms with van der Waals surface area (Å²) < 4.78 is 0. The van der Waals surface area contributed by atoms with Crippen molar-refractivity contribution in [2.45, 2.75) is 50.6 Å². The average Bonchev–Trinajstić information content (AvgIpc) is 2.97. The first-order valence-electron chi connectivity index (χ1n) is 6.40. The molecule has 4 heteroatoms. The Hall–Kier alpha value is -0.610. The Morgan fingerprint density at radius 3 is 2.94 bits per heavy atom. The molecule has 92 valence electrons. The minimum Gasteiger partial charge on any atom is -0.394 e. The molecule has 0 aromatic rings. The zero-order valence-electron chi connectivity index (χ0n) is 10.0. The number of nitrogens with zero attached hydrogens (tertiary/aromatic N) is 1. The molecule has 2 N–H and O–H groups in total. The molecule has 2 heterocycles. The van der Waals surface area contributed by atoms with Crippen molar-refractivity contribution in [3.8, 4) is 0 Å². The van der Waals surface area contributed by atoms with Crippen LogP contribution in [0.15, 0.2) is 0 Å². The molecule has 2 rings (SSSR count). The Labute approximate surface area is 97.0 Å². The van der Waals surface area contributed by atoms with Gasteiger partial charge in [0.05, 0.1) is 18.2 Å². The maximum atomic E-state index is 12.5. The highest BCUT2D eigenvalue weighted by atomic mass is 16.3. The molecule has 16 heavy (non-hydrogen) atoms. The van der Waals surface area contributed by atoms with E-state index in [2.05, 4.69) is 12.2 Å². The fourth-order valence-electron chi connectivity index (χ4n) is 3.01. The van der Waals surface area contributed by atoms with Crippen LogP contribution in [0.5, 0.6) is 0 Å². The van der Waals surface area contributed by atoms with Gasteiger partial charge in [-0.3, -0.25) is 4.79 Å². The third-order valence-electron chi connectivity index (χ3n) is 4.11. The predicted molar refractivity (Wildman–Crippen MR) is 62.1 cm³/mol. The van der Waals surface area contributed by atoms with E-state index in [1.54, 1.807) is 0 Å². The molecule has 1 amide bonds. The zero-order chi connectivity index (χ0) is 11.6. The first-order valence-corrected chi connectivity index (χ1v) is 6.40. The summed E-state index contributed by atoms with van der Waals surface area (Å²) in [7, 11) is 0. The van der Waals surface area contributed by atoms with Crippen molar-refractivity contribution in [2.24, 2.45) is 0 Å². The van der Waals surface area contributed by atoms with Crippen molar-refractivity contribution in [3.63, 3.8) is 0 Å². The summed E-state index contributed by atoms with van der Waals surface area (Å²) in [5, 5.41) is 12.6. The molecule has 2 saturated heterocycles. The van der Waals surface area contributed by atoms with Crippen molar-refractivity contribution in [1.82, 2.24) is 10.2 Å². The molecule has 2 fully saturated rings. The fourth-order valence-corrected chi connectivity index (χ4v) is 3.01. The highest BCUT2D eigenvalue weighted by Crippen LogP contribution is 2.29. The van der Waals surface area contributed by atoms with E-state index in [0.717, 1.165) is 45.2 Å². The van der Waals surface area contributed by atoms with Crippen LogP contribution in [-0.4, -0.2) is 47.2 Å². The minimum atomic E-state index is -0.336. The van der Waals surface area contributed by atoms with E-state index in [1.807, 2.05) is 4.90 Å². The highest BCUT2D eigenvalue weighted by molar-refractivity contribution is 5.87. The molecular weight excluding hydrogens is 204 g/mol. The van der Waals surface area contributed by atoms with Crippen molar-refractivity contribution in [2.75, 3.05) is 19.7 Å². The number of hydrogen-bond donors (Lipinski definition) is 2. The van der Waals surface area contributed by atoms with Crippen LogP contribution in [0.4, 0.5) is 0 Å². The summed E-state index contributed by atoms with van der Waals surface area (Å²) >= 11 is 0. The highest BCUT2D eigenvalue weighted by Gasteiger charge is 2.44. The van der Waals surface area contributed by atoms with Crippen LogP contribution in [0.1, 0.15) is 39.0 Å². The standard InChI is InChI=1S/C12H22N2O2/c1-2-12(6-4-7-13-12)11(16)14-8-3-5-10(14)9-15/h10,13,15H,2-9H2,1H3. The number of aliphatic hydroxyl groups is 1. The van der Waals surface area contributed by atoms with Crippen LogP contribution in [0, 0.1) is 0 Å². The van der Waals surface area contributed by atoms with E-state index in [-0.39, 0.29) is 24.1 Å². The topological polar surface area (TPSA) is 52.6 Å². The molecule has 0 aromatic heterocycles. The SMILES string of the molecule is CCC1(C(=O)N2CCCC2CO)CCCN1. The molecule has 2 atom stereocenters. The van der Waals surface area contributed by atoms with E-state index in [1.165, 1.54) is 0 Å². The van der Waals surface area contributed by atoms with Crippen molar-refractivity contribution in [1.29, 1.82) is 0 Å². The smallest absolute Gasteiger partial charge is 0.243 e. The lowest BCUT2D eigenvalue weighted by Crippen LogP contribution is -2.56. The number of nitrogens with one attached hydrogen (secondary N) is 1. The van der Waals surface area contributed by atoms with Gasteiger partial charge in [-0.25, -0.2) is 0 Å². The summed E-state index contributed by atoms with van der Waals surface area (Å²) in [5.74, 6) is 0.212. The number of aliphatic hydroxyl groups excluding tert-OH is 1. The van der Waals surface area contributed by atoms with E-state index >= 15 is 0 Å². The first-order chi connectivity index (χ1) is 7.73. The molecule has 4 nitrogen and oxygen atoms in total. The van der Waals surface area contributed by atoms with Gasteiger partial charge in [-0.2, -0.15) is 0 Å². The summed E-state index contributed by atoms with van der Waals surface area (Å²) in [6.45, 7) is 3.93. The minimum absolute atomic E-state index is 0.0540. The second kappa shape index (κ2) is 4.72. The van der Waals surface area contributed by atoms with Crippen LogP contribution < -0.4 is 5.32 Å². The molecule has 0 spiro atoms. The molecular formula is C12H22N2O2. The van der Waals surface area contributed by atoms with Crippen LogP contribution >= 0.6 is 0 Å². The Balaban J connectivity index is 2.10. The van der Waals surface area contributed by atoms with Crippen molar-refractivity contribution >= 4 is 5.91 Å². The summed E-state index contributed by atoms with van der Waals surface area (Å²) in [6.07, 6.45) is 4.84. The maximum Gasteiger partial charge on any atom is 0.243 e. The van der Waals surface area contributed by atoms with Gasteiger partial charge in [0.1, 0.15) is 0 Å². The van der Waals surface area contributed by atoms with Crippen molar-refractivity contribution in [3.05, 3.63) is 0 Å². The van der Waals surface area contributed by atoms with Gasteiger partial charge in [0, 0.05) is 6.54 Å². The molecule has 2 aliphatic rings. The quantitative estimate of drug-likeness (QED) is 0.737. The molecule has 0 aromatic carbocycles. The number of likely N-dealkylation sites (tertiary alicyclic amines) is 1. The van der Waals surface area contributed by atoms with Gasteiger partial charge in [0.25, 0.3) is 0 Å². The third kappa shape index (κ3) is 1.84. The first kappa shape index (κ1) is 11.9. The van der Waals surface area contributed by atoms with Gasteiger partial charge in [0.15, 0.2) is 0 Å². The molecule has 0 aliphatic carbocycles. The summed E-state index contributed by atoms with van der Waals surface area (Å²) in [5.41, 5.74) is -0.336. The average molecular weight is 226 g/mol. The van der Waals surface area contributed by atoms with Crippen molar-refractivity contribution < 1.29 is 9.90 Å². The zero-order valence-corrected chi connectivity index (χ0v) is 10.0. The molecule has 2 aliphatic heterocycles. The van der Waals surface area contributed by atoms with E-state index in [0.29, 0.717) is 0 Å². The van der Waals surface area contributed by atoms with Crippen LogP contribution in [0.3, 0.4) is 0 Å². The van der Waals surface area contributed by atoms with Gasteiger partial charge < -0.3 is 15.3 Å². The lowest BCUT2D eigenvalue weighted by molar-refractivity contribution is -0.139. The Morgan fingerprint density at radius 1 is 1.56 bits per heavy atom. The van der Waals surface area contributed by atoms with Gasteiger partial charge >= 0.3 is 0 Å². The number of amides is 1. The monoisotopic (exact) mass is 226 g/mol. The Kier molecular flexibility index (Phi) is 3.50. The van der Waals surface area contributed by atoms with Gasteiger partial charge in [-0.15, -0.1) is 0 Å². The van der Waals surface area contributed by atoms with E-state index < -0.39 is 0 Å². The second-order valence-electron chi connectivity index (χ2n) is 4.94. The number of carbonyl (C=O) groups excluding carboxylic acids is 1. The number of hydrogen-bond acceptors (Lipinski definition) is 3. The lowest BCUT2D eigenvalue weighted by Gasteiger charge is -2.34. The Morgan fingerprint density at radius 2 is 2.38 bits per heavy atom. The van der Waals surface area contributed by atoms with Gasteiger partial charge in [-0.1, -0.05) is 6.92 Å². The molecule has 0 bridgehead atoms. The maximum absolute atomic E-state index is 12.5. The predicted octanol–water partition coefficient (Wildman–Crippen LogP) is 0.502. The molecule has 0 saturated carbocycles. The lowest BCUT2D eigenvalue weighted by atomic mass is 9.92. The normalized spacial score (nSPS) is 34.6. The number of rotatable bonds is 3. The van der Waals surface area contributed by atoms with Gasteiger partial charge in [-0.05, 0) is 38.6 Å². The molecule has 2 unspecified atom stereocenters. The Bertz CT molecular complexity index is 262. The second-order valence-corrected chi connectivity index (χ2v) is 4.94.